The molecule has 0 bridgehead atoms. The summed E-state index contributed by atoms with van der Waals surface area (Å²) in [5.74, 6) is -0.778. The molecule has 0 saturated carbocycles. The van der Waals surface area contributed by atoms with E-state index < -0.39 is 12.3 Å². The molecule has 0 aliphatic carbocycles. The van der Waals surface area contributed by atoms with Gasteiger partial charge in [0.25, 0.3) is 11.8 Å². The van der Waals surface area contributed by atoms with Crippen LogP contribution in [0.3, 0.4) is 0 Å². The van der Waals surface area contributed by atoms with Gasteiger partial charge in [-0.25, -0.2) is 4.98 Å². The Morgan fingerprint density at radius 1 is 1.24 bits per heavy atom. The molecule has 3 aromatic rings. The van der Waals surface area contributed by atoms with E-state index in [9.17, 15) is 13.6 Å². The fourth-order valence-electron chi connectivity index (χ4n) is 2.81. The molecule has 6 nitrogen and oxygen atoms in total. The Balaban J connectivity index is 1.64. The SMILES string of the molecule is O=C1CCC(c2ccccc2)N1c1ncc(-c2nnc(C(F)F)o2)s1. The molecular formula is C16H12F2N4O2S. The Bertz CT molecular complexity index is 896. The highest BCUT2D eigenvalue weighted by Gasteiger charge is 2.35. The van der Waals surface area contributed by atoms with Crippen LogP contribution in [0.25, 0.3) is 10.8 Å². The monoisotopic (exact) mass is 362 g/mol. The molecule has 128 valence electrons. The summed E-state index contributed by atoms with van der Waals surface area (Å²) in [4.78, 5) is 18.7. The van der Waals surface area contributed by atoms with Crippen molar-refractivity contribution in [1.82, 2.24) is 15.2 Å². The third-order valence-electron chi connectivity index (χ3n) is 3.93. The van der Waals surface area contributed by atoms with Crippen LogP contribution < -0.4 is 4.90 Å². The Kier molecular flexibility index (Phi) is 4.00. The average Bonchev–Trinajstić information content (AvgIpc) is 3.34. The van der Waals surface area contributed by atoms with Crippen LogP contribution in [0.5, 0.6) is 0 Å². The zero-order chi connectivity index (χ0) is 17.4. The second kappa shape index (κ2) is 6.32. The average molecular weight is 362 g/mol. The van der Waals surface area contributed by atoms with E-state index in [2.05, 4.69) is 15.2 Å². The number of halogens is 2. The molecule has 1 aliphatic heterocycles. The molecule has 1 aromatic carbocycles. The minimum Gasteiger partial charge on any atom is -0.414 e. The van der Waals surface area contributed by atoms with Crippen molar-refractivity contribution in [1.29, 1.82) is 0 Å². The summed E-state index contributed by atoms with van der Waals surface area (Å²) in [6.07, 6.45) is -0.231. The summed E-state index contributed by atoms with van der Waals surface area (Å²) in [6.45, 7) is 0. The van der Waals surface area contributed by atoms with Crippen LogP contribution in [-0.4, -0.2) is 21.1 Å². The normalized spacial score (nSPS) is 17.6. The fraction of sp³-hybridized carbons (Fsp3) is 0.250. The molecule has 1 amide bonds. The lowest BCUT2D eigenvalue weighted by molar-refractivity contribution is -0.117. The van der Waals surface area contributed by atoms with Gasteiger partial charge in [-0.3, -0.25) is 9.69 Å². The number of aromatic nitrogens is 3. The topological polar surface area (TPSA) is 72.1 Å². The van der Waals surface area contributed by atoms with Crippen molar-refractivity contribution in [3.8, 4) is 10.8 Å². The molecule has 3 heterocycles. The summed E-state index contributed by atoms with van der Waals surface area (Å²) < 4.78 is 30.1. The van der Waals surface area contributed by atoms with Crippen molar-refractivity contribution in [3.63, 3.8) is 0 Å². The molecular weight excluding hydrogens is 350 g/mol. The first-order valence-corrected chi connectivity index (χ1v) is 8.40. The Hall–Kier alpha value is -2.68. The lowest BCUT2D eigenvalue weighted by Crippen LogP contribution is -2.27. The first-order valence-electron chi connectivity index (χ1n) is 7.58. The lowest BCUT2D eigenvalue weighted by atomic mass is 10.1. The summed E-state index contributed by atoms with van der Waals surface area (Å²) in [6, 6.07) is 9.62. The van der Waals surface area contributed by atoms with E-state index in [1.165, 1.54) is 6.20 Å². The fourth-order valence-corrected chi connectivity index (χ4v) is 3.72. The predicted molar refractivity (Wildman–Crippen MR) is 86.3 cm³/mol. The van der Waals surface area contributed by atoms with Crippen molar-refractivity contribution < 1.29 is 18.0 Å². The van der Waals surface area contributed by atoms with Crippen molar-refractivity contribution in [3.05, 3.63) is 48.0 Å². The lowest BCUT2D eigenvalue weighted by Gasteiger charge is -2.22. The number of benzene rings is 1. The highest BCUT2D eigenvalue weighted by atomic mass is 32.1. The van der Waals surface area contributed by atoms with Crippen LogP contribution >= 0.6 is 11.3 Å². The zero-order valence-electron chi connectivity index (χ0n) is 12.8. The number of anilines is 1. The van der Waals surface area contributed by atoms with Gasteiger partial charge in [0.15, 0.2) is 5.13 Å². The van der Waals surface area contributed by atoms with Crippen molar-refractivity contribution in [2.75, 3.05) is 4.90 Å². The number of alkyl halides is 2. The van der Waals surface area contributed by atoms with Crippen LogP contribution in [0.1, 0.15) is 36.8 Å². The molecule has 4 rings (SSSR count). The van der Waals surface area contributed by atoms with Crippen LogP contribution in [0.4, 0.5) is 13.9 Å². The molecule has 9 heteroatoms. The van der Waals surface area contributed by atoms with Gasteiger partial charge in [0.2, 0.25) is 5.91 Å². The maximum atomic E-state index is 12.6. The highest BCUT2D eigenvalue weighted by molar-refractivity contribution is 7.19. The molecule has 1 aliphatic rings. The second-order valence-electron chi connectivity index (χ2n) is 5.48. The van der Waals surface area contributed by atoms with Crippen LogP contribution in [0, 0.1) is 0 Å². The van der Waals surface area contributed by atoms with Gasteiger partial charge in [0, 0.05) is 6.42 Å². The van der Waals surface area contributed by atoms with E-state index >= 15 is 0 Å². The van der Waals surface area contributed by atoms with Gasteiger partial charge in [-0.1, -0.05) is 41.7 Å². The van der Waals surface area contributed by atoms with Crippen molar-refractivity contribution in [2.24, 2.45) is 0 Å². The largest absolute Gasteiger partial charge is 0.414 e. The molecule has 1 fully saturated rings. The number of hydrogen-bond donors (Lipinski definition) is 0. The minimum atomic E-state index is -2.82. The molecule has 2 aromatic heterocycles. The van der Waals surface area contributed by atoms with E-state index in [4.69, 9.17) is 4.42 Å². The van der Waals surface area contributed by atoms with Crippen molar-refractivity contribution in [2.45, 2.75) is 25.3 Å². The summed E-state index contributed by atoms with van der Waals surface area (Å²) in [5, 5.41) is 7.41. The molecule has 0 spiro atoms. The van der Waals surface area contributed by atoms with Gasteiger partial charge in [-0.2, -0.15) is 8.78 Å². The van der Waals surface area contributed by atoms with E-state index in [0.717, 1.165) is 16.9 Å². The molecule has 1 saturated heterocycles. The molecule has 25 heavy (non-hydrogen) atoms. The predicted octanol–water partition coefficient (Wildman–Crippen LogP) is 4.00. The first kappa shape index (κ1) is 15.8. The van der Waals surface area contributed by atoms with Gasteiger partial charge in [0.05, 0.1) is 12.2 Å². The van der Waals surface area contributed by atoms with E-state index in [0.29, 0.717) is 22.9 Å². The standard InChI is InChI=1S/C16H12F2N4O2S/c17-13(18)15-21-20-14(24-15)11-8-19-16(25-11)22-10(6-7-12(22)23)9-4-2-1-3-5-9/h1-5,8,10,13H,6-7H2. The Labute approximate surface area is 145 Å². The molecule has 1 unspecified atom stereocenters. The highest BCUT2D eigenvalue weighted by Crippen LogP contribution is 2.40. The van der Waals surface area contributed by atoms with Crippen LogP contribution in [0.15, 0.2) is 40.9 Å². The van der Waals surface area contributed by atoms with E-state index in [1.54, 1.807) is 4.90 Å². The molecule has 0 radical (unpaired) electrons. The van der Waals surface area contributed by atoms with Gasteiger partial charge < -0.3 is 4.42 Å². The van der Waals surface area contributed by atoms with Gasteiger partial charge >= 0.3 is 6.43 Å². The van der Waals surface area contributed by atoms with E-state index in [1.807, 2.05) is 30.3 Å². The first-order chi connectivity index (χ1) is 12.1. The second-order valence-corrected chi connectivity index (χ2v) is 6.49. The number of rotatable bonds is 4. The van der Waals surface area contributed by atoms with Crippen LogP contribution in [0.2, 0.25) is 0 Å². The molecule has 0 N–H and O–H groups in total. The van der Waals surface area contributed by atoms with Gasteiger partial charge in [-0.05, 0) is 12.0 Å². The zero-order valence-corrected chi connectivity index (χ0v) is 13.6. The third-order valence-corrected chi connectivity index (χ3v) is 4.92. The summed E-state index contributed by atoms with van der Waals surface area (Å²) in [7, 11) is 0. The number of nitrogens with zero attached hydrogens (tertiary/aromatic N) is 4. The summed E-state index contributed by atoms with van der Waals surface area (Å²) in [5.41, 5.74) is 1.03. The van der Waals surface area contributed by atoms with Gasteiger partial charge in [-0.15, -0.1) is 10.2 Å². The van der Waals surface area contributed by atoms with Crippen molar-refractivity contribution >= 4 is 22.4 Å². The third kappa shape index (κ3) is 2.91. The number of carbonyl (C=O) groups excluding carboxylic acids is 1. The number of amides is 1. The quantitative estimate of drug-likeness (QED) is 0.701. The summed E-state index contributed by atoms with van der Waals surface area (Å²) >= 11 is 1.16. The smallest absolute Gasteiger partial charge is 0.314 e. The number of hydrogen-bond acceptors (Lipinski definition) is 6. The van der Waals surface area contributed by atoms with Gasteiger partial charge in [0.1, 0.15) is 4.88 Å². The minimum absolute atomic E-state index is 0.0199. The Morgan fingerprint density at radius 2 is 2.04 bits per heavy atom. The van der Waals surface area contributed by atoms with E-state index in [-0.39, 0.29) is 17.8 Å². The van der Waals surface area contributed by atoms with Crippen LogP contribution in [-0.2, 0) is 4.79 Å². The maximum Gasteiger partial charge on any atom is 0.314 e. The maximum absolute atomic E-state index is 12.6. The Morgan fingerprint density at radius 3 is 2.76 bits per heavy atom. The molecule has 1 atom stereocenters. The number of carbonyl (C=O) groups is 1. The number of thiazole rings is 1.